The van der Waals surface area contributed by atoms with Crippen molar-refractivity contribution >= 4 is 5.91 Å². The Morgan fingerprint density at radius 1 is 1.23 bits per heavy atom. The van der Waals surface area contributed by atoms with Gasteiger partial charge in [-0.05, 0) is 31.5 Å². The smallest absolute Gasteiger partial charge is 0.257 e. The summed E-state index contributed by atoms with van der Waals surface area (Å²) in [5.74, 6) is 0.529. The number of hydrogen-bond donors (Lipinski definition) is 0. The largest absolute Gasteiger partial charge is 0.494 e. The van der Waals surface area contributed by atoms with E-state index in [2.05, 4.69) is 14.9 Å². The van der Waals surface area contributed by atoms with Crippen molar-refractivity contribution < 1.29 is 13.9 Å². The van der Waals surface area contributed by atoms with E-state index in [0.717, 1.165) is 18.7 Å². The van der Waals surface area contributed by atoms with Gasteiger partial charge in [0.25, 0.3) is 5.91 Å². The summed E-state index contributed by atoms with van der Waals surface area (Å²) in [4.78, 5) is 25.1. The molecule has 2 aromatic rings. The molecule has 26 heavy (non-hydrogen) atoms. The number of carbonyl (C=O) groups is 1. The monoisotopic (exact) mass is 358 g/mol. The molecule has 7 heteroatoms. The predicted molar refractivity (Wildman–Crippen MR) is 95.6 cm³/mol. The van der Waals surface area contributed by atoms with Crippen LogP contribution in [-0.4, -0.2) is 59.0 Å². The van der Waals surface area contributed by atoms with Crippen molar-refractivity contribution in [2.24, 2.45) is 0 Å². The third-order valence-electron chi connectivity index (χ3n) is 4.61. The molecule has 0 saturated carbocycles. The molecule has 0 bridgehead atoms. The lowest BCUT2D eigenvalue weighted by atomic mass is 10.1. The highest BCUT2D eigenvalue weighted by Crippen LogP contribution is 2.19. The highest BCUT2D eigenvalue weighted by molar-refractivity contribution is 5.95. The van der Waals surface area contributed by atoms with Crippen molar-refractivity contribution in [3.05, 3.63) is 52.9 Å². The lowest BCUT2D eigenvalue weighted by Crippen LogP contribution is -2.48. The summed E-state index contributed by atoms with van der Waals surface area (Å²) in [6, 6.07) is 5.01. The van der Waals surface area contributed by atoms with Crippen molar-refractivity contribution in [3.63, 3.8) is 0 Å². The summed E-state index contributed by atoms with van der Waals surface area (Å²) in [7, 11) is 1.45. The zero-order valence-electron chi connectivity index (χ0n) is 15.3. The number of aryl methyl sites for hydroxylation is 2. The Bertz CT molecular complexity index is 804. The van der Waals surface area contributed by atoms with Crippen molar-refractivity contribution in [2.75, 3.05) is 33.3 Å². The van der Waals surface area contributed by atoms with Crippen molar-refractivity contribution in [1.82, 2.24) is 19.8 Å². The highest BCUT2D eigenvalue weighted by atomic mass is 19.1. The normalized spacial score (nSPS) is 15.2. The molecule has 1 aromatic carbocycles. The Morgan fingerprint density at radius 3 is 2.58 bits per heavy atom. The fourth-order valence-electron chi connectivity index (χ4n) is 3.14. The zero-order valence-corrected chi connectivity index (χ0v) is 15.3. The number of carbonyl (C=O) groups excluding carboxylic acids is 1. The first kappa shape index (κ1) is 18.3. The van der Waals surface area contributed by atoms with E-state index >= 15 is 0 Å². The standard InChI is InChI=1S/C19H23FN4O2/c1-13-16(11-21-14(2)22-13)19(25)24-8-6-23(7-9-24)12-15-4-5-18(26-3)17(20)10-15/h4-5,10-11H,6-9,12H2,1-3H3. The van der Waals surface area contributed by atoms with E-state index in [4.69, 9.17) is 4.74 Å². The van der Waals surface area contributed by atoms with Crippen molar-refractivity contribution in [1.29, 1.82) is 0 Å². The van der Waals surface area contributed by atoms with Crippen molar-refractivity contribution in [3.8, 4) is 5.75 Å². The van der Waals surface area contributed by atoms with Gasteiger partial charge in [0.1, 0.15) is 5.82 Å². The molecule has 0 spiro atoms. The quantitative estimate of drug-likeness (QED) is 0.839. The number of benzene rings is 1. The summed E-state index contributed by atoms with van der Waals surface area (Å²) < 4.78 is 18.8. The first-order chi connectivity index (χ1) is 12.5. The van der Waals surface area contributed by atoms with Gasteiger partial charge in [-0.1, -0.05) is 6.07 Å². The average molecular weight is 358 g/mol. The molecule has 0 aliphatic carbocycles. The maximum atomic E-state index is 13.8. The van der Waals surface area contributed by atoms with Gasteiger partial charge in [0, 0.05) is 38.9 Å². The second kappa shape index (κ2) is 7.78. The van der Waals surface area contributed by atoms with Gasteiger partial charge in [-0.3, -0.25) is 9.69 Å². The average Bonchev–Trinajstić information content (AvgIpc) is 2.62. The second-order valence-electron chi connectivity index (χ2n) is 6.45. The molecule has 0 radical (unpaired) electrons. The first-order valence-electron chi connectivity index (χ1n) is 8.62. The van der Waals surface area contributed by atoms with E-state index in [1.165, 1.54) is 13.2 Å². The maximum Gasteiger partial charge on any atom is 0.257 e. The number of aromatic nitrogens is 2. The van der Waals surface area contributed by atoms with Gasteiger partial charge in [0.15, 0.2) is 11.6 Å². The van der Waals surface area contributed by atoms with Gasteiger partial charge in [0.05, 0.1) is 18.4 Å². The number of amides is 1. The minimum Gasteiger partial charge on any atom is -0.494 e. The van der Waals surface area contributed by atoms with Crippen LogP contribution < -0.4 is 4.74 Å². The van der Waals surface area contributed by atoms with Gasteiger partial charge in [-0.25, -0.2) is 14.4 Å². The summed E-state index contributed by atoms with van der Waals surface area (Å²) >= 11 is 0. The third-order valence-corrected chi connectivity index (χ3v) is 4.61. The molecule has 1 aliphatic heterocycles. The Kier molecular flexibility index (Phi) is 5.46. The van der Waals surface area contributed by atoms with Crippen molar-refractivity contribution in [2.45, 2.75) is 20.4 Å². The minimum atomic E-state index is -0.353. The van der Waals surface area contributed by atoms with Crippen LogP contribution in [0.25, 0.3) is 0 Å². The predicted octanol–water partition coefficient (Wildman–Crippen LogP) is 2.20. The molecular formula is C19H23FN4O2. The van der Waals surface area contributed by atoms with Gasteiger partial charge < -0.3 is 9.64 Å². The van der Waals surface area contributed by atoms with Crippen LogP contribution in [0.15, 0.2) is 24.4 Å². The van der Waals surface area contributed by atoms with Crippen LogP contribution in [0, 0.1) is 19.7 Å². The Morgan fingerprint density at radius 2 is 1.96 bits per heavy atom. The van der Waals surface area contributed by atoms with Gasteiger partial charge in [0.2, 0.25) is 0 Å². The summed E-state index contributed by atoms with van der Waals surface area (Å²) in [5, 5.41) is 0. The number of halogens is 1. The molecule has 2 heterocycles. The maximum absolute atomic E-state index is 13.8. The number of rotatable bonds is 4. The molecule has 1 amide bonds. The van der Waals surface area contributed by atoms with Crippen LogP contribution in [0.1, 0.15) is 27.4 Å². The van der Waals surface area contributed by atoms with E-state index in [-0.39, 0.29) is 17.5 Å². The molecule has 1 fully saturated rings. The van der Waals surface area contributed by atoms with E-state index in [9.17, 15) is 9.18 Å². The van der Waals surface area contributed by atoms with Crippen LogP contribution in [0.5, 0.6) is 5.75 Å². The number of methoxy groups -OCH3 is 1. The summed E-state index contributed by atoms with van der Waals surface area (Å²) in [6.45, 7) is 7.03. The molecule has 0 atom stereocenters. The second-order valence-corrected chi connectivity index (χ2v) is 6.45. The fraction of sp³-hybridized carbons (Fsp3) is 0.421. The van der Waals surface area contributed by atoms with Crippen LogP contribution in [0.4, 0.5) is 4.39 Å². The van der Waals surface area contributed by atoms with Crippen LogP contribution in [0.2, 0.25) is 0 Å². The Labute approximate surface area is 152 Å². The molecule has 0 N–H and O–H groups in total. The van der Waals surface area contributed by atoms with Crippen LogP contribution in [0.3, 0.4) is 0 Å². The van der Waals surface area contributed by atoms with Crippen LogP contribution >= 0.6 is 0 Å². The summed E-state index contributed by atoms with van der Waals surface area (Å²) in [6.07, 6.45) is 1.60. The molecule has 1 aliphatic rings. The lowest BCUT2D eigenvalue weighted by Gasteiger charge is -2.35. The molecule has 1 aromatic heterocycles. The van der Waals surface area contributed by atoms with Gasteiger partial charge in [-0.15, -0.1) is 0 Å². The zero-order chi connectivity index (χ0) is 18.7. The van der Waals surface area contributed by atoms with Gasteiger partial charge in [-0.2, -0.15) is 0 Å². The SMILES string of the molecule is COc1ccc(CN2CCN(C(=O)c3cnc(C)nc3C)CC2)cc1F. The number of hydrogen-bond acceptors (Lipinski definition) is 5. The Balaban J connectivity index is 1.58. The number of piperazine rings is 1. The molecule has 3 rings (SSSR count). The van der Waals surface area contributed by atoms with Crippen LogP contribution in [-0.2, 0) is 6.54 Å². The van der Waals surface area contributed by atoms with E-state index in [0.29, 0.717) is 36.7 Å². The molecule has 0 unspecified atom stereocenters. The minimum absolute atomic E-state index is 0.0300. The lowest BCUT2D eigenvalue weighted by molar-refractivity contribution is 0.0626. The van der Waals surface area contributed by atoms with E-state index < -0.39 is 0 Å². The van der Waals surface area contributed by atoms with E-state index in [1.54, 1.807) is 12.3 Å². The number of ether oxygens (including phenoxy) is 1. The summed E-state index contributed by atoms with van der Waals surface area (Å²) in [5.41, 5.74) is 2.16. The topological polar surface area (TPSA) is 58.6 Å². The fourth-order valence-corrected chi connectivity index (χ4v) is 3.14. The first-order valence-corrected chi connectivity index (χ1v) is 8.62. The van der Waals surface area contributed by atoms with Gasteiger partial charge >= 0.3 is 0 Å². The Hall–Kier alpha value is -2.54. The molecule has 138 valence electrons. The molecular weight excluding hydrogens is 335 g/mol. The number of nitrogens with zero attached hydrogens (tertiary/aromatic N) is 4. The highest BCUT2D eigenvalue weighted by Gasteiger charge is 2.24. The molecule has 1 saturated heterocycles. The molecule has 6 nitrogen and oxygen atoms in total. The third kappa shape index (κ3) is 3.99. The van der Waals surface area contributed by atoms with E-state index in [1.807, 2.05) is 24.8 Å².